The van der Waals surface area contributed by atoms with Gasteiger partial charge >= 0.3 is 0 Å². The standard InChI is InChI=1S/C19H26O2/c1-4-5-9-16(15-10-7-6-8-11-15)14-17-18(20)12-13-21-19(17,2)3/h6-8,10-11,18,20H,4-5,9,12-13H2,1-3H3. The van der Waals surface area contributed by atoms with E-state index in [2.05, 4.69) is 24.8 Å². The van der Waals surface area contributed by atoms with E-state index in [-0.39, 0.29) is 0 Å². The second kappa shape index (κ2) is 7.09. The Kier molecular flexibility index (Phi) is 5.41. The van der Waals surface area contributed by atoms with Crippen molar-refractivity contribution in [1.82, 2.24) is 0 Å². The summed E-state index contributed by atoms with van der Waals surface area (Å²) in [6, 6.07) is 10.3. The van der Waals surface area contributed by atoms with Crippen LogP contribution in [0, 0.1) is 0 Å². The Hall–Kier alpha value is -1.34. The largest absolute Gasteiger partial charge is 0.388 e. The second-order valence-corrected chi connectivity index (χ2v) is 6.15. The van der Waals surface area contributed by atoms with Gasteiger partial charge in [-0.3, -0.25) is 0 Å². The summed E-state index contributed by atoms with van der Waals surface area (Å²) in [5.41, 5.74) is 6.30. The van der Waals surface area contributed by atoms with Crippen LogP contribution in [0.15, 0.2) is 41.6 Å². The summed E-state index contributed by atoms with van der Waals surface area (Å²) in [5.74, 6) is 0. The molecule has 1 aliphatic heterocycles. The summed E-state index contributed by atoms with van der Waals surface area (Å²) in [6.07, 6.45) is 3.46. The van der Waals surface area contributed by atoms with Crippen LogP contribution in [0.4, 0.5) is 0 Å². The van der Waals surface area contributed by atoms with Gasteiger partial charge in [0.05, 0.1) is 18.3 Å². The molecule has 1 aromatic rings. The first-order valence-electron chi connectivity index (χ1n) is 7.92. The molecule has 21 heavy (non-hydrogen) atoms. The highest BCUT2D eigenvalue weighted by molar-refractivity contribution is 5.65. The van der Waals surface area contributed by atoms with Crippen LogP contribution < -0.4 is 0 Å². The number of rotatable bonds is 4. The fourth-order valence-corrected chi connectivity index (χ4v) is 2.72. The normalized spacial score (nSPS) is 21.0. The van der Waals surface area contributed by atoms with Gasteiger partial charge in [0.2, 0.25) is 0 Å². The zero-order valence-corrected chi connectivity index (χ0v) is 13.4. The smallest absolute Gasteiger partial charge is 0.0934 e. The van der Waals surface area contributed by atoms with Gasteiger partial charge in [-0.2, -0.15) is 0 Å². The predicted molar refractivity (Wildman–Crippen MR) is 87.1 cm³/mol. The molecule has 1 N–H and O–H groups in total. The van der Waals surface area contributed by atoms with Crippen LogP contribution in [0.25, 0.3) is 5.57 Å². The lowest BCUT2D eigenvalue weighted by molar-refractivity contribution is -0.0484. The third kappa shape index (κ3) is 4.07. The number of aliphatic hydroxyl groups is 1. The lowest BCUT2D eigenvalue weighted by atomic mass is 9.88. The number of hydrogen-bond acceptors (Lipinski definition) is 2. The molecule has 1 fully saturated rings. The molecule has 1 heterocycles. The number of ether oxygens (including phenoxy) is 1. The first-order chi connectivity index (χ1) is 10.0. The van der Waals surface area contributed by atoms with E-state index in [1.807, 2.05) is 32.0 Å². The van der Waals surface area contributed by atoms with Gasteiger partial charge in [0.1, 0.15) is 0 Å². The Balaban J connectivity index is 2.49. The molecule has 2 rings (SSSR count). The van der Waals surface area contributed by atoms with Gasteiger partial charge in [-0.25, -0.2) is 0 Å². The van der Waals surface area contributed by atoms with E-state index in [4.69, 9.17) is 4.74 Å². The van der Waals surface area contributed by atoms with E-state index < -0.39 is 11.7 Å². The molecule has 0 aromatic heterocycles. The van der Waals surface area contributed by atoms with Crippen LogP contribution in [-0.2, 0) is 4.74 Å². The van der Waals surface area contributed by atoms with Gasteiger partial charge in [-0.05, 0) is 32.3 Å². The molecule has 0 radical (unpaired) electrons. The first-order valence-corrected chi connectivity index (χ1v) is 7.92. The summed E-state index contributed by atoms with van der Waals surface area (Å²) < 4.78 is 5.82. The Morgan fingerprint density at radius 2 is 2.05 bits per heavy atom. The summed E-state index contributed by atoms with van der Waals surface area (Å²) in [7, 11) is 0. The quantitative estimate of drug-likeness (QED) is 0.834. The minimum Gasteiger partial charge on any atom is -0.388 e. The van der Waals surface area contributed by atoms with Gasteiger partial charge in [0.25, 0.3) is 0 Å². The molecular formula is C19H26O2. The highest BCUT2D eigenvalue weighted by Gasteiger charge is 2.33. The van der Waals surface area contributed by atoms with Crippen molar-refractivity contribution in [2.75, 3.05) is 6.61 Å². The summed E-state index contributed by atoms with van der Waals surface area (Å²) in [5, 5.41) is 10.3. The third-order valence-electron chi connectivity index (χ3n) is 4.02. The SMILES string of the molecule is CCCCC(=C=C1C(O)CCOC1(C)C)c1ccccc1. The van der Waals surface area contributed by atoms with Crippen molar-refractivity contribution in [3.05, 3.63) is 47.2 Å². The van der Waals surface area contributed by atoms with Crippen molar-refractivity contribution in [2.45, 2.75) is 58.2 Å². The third-order valence-corrected chi connectivity index (χ3v) is 4.02. The number of benzene rings is 1. The van der Waals surface area contributed by atoms with E-state index >= 15 is 0 Å². The van der Waals surface area contributed by atoms with Crippen LogP contribution in [-0.4, -0.2) is 23.4 Å². The van der Waals surface area contributed by atoms with Crippen molar-refractivity contribution in [2.24, 2.45) is 0 Å². The minimum atomic E-state index is -0.450. The zero-order chi connectivity index (χ0) is 15.3. The van der Waals surface area contributed by atoms with Crippen molar-refractivity contribution < 1.29 is 9.84 Å². The predicted octanol–water partition coefficient (Wildman–Crippen LogP) is 4.35. The molecule has 0 aliphatic carbocycles. The van der Waals surface area contributed by atoms with Crippen LogP contribution in [0.2, 0.25) is 0 Å². The highest BCUT2D eigenvalue weighted by atomic mass is 16.5. The molecule has 0 spiro atoms. The number of hydrogen-bond donors (Lipinski definition) is 1. The van der Waals surface area contributed by atoms with Crippen molar-refractivity contribution in [1.29, 1.82) is 0 Å². The summed E-state index contributed by atoms with van der Waals surface area (Å²) in [6.45, 7) is 6.83. The molecule has 1 atom stereocenters. The molecule has 0 saturated carbocycles. The maximum Gasteiger partial charge on any atom is 0.0934 e. The lowest BCUT2D eigenvalue weighted by Gasteiger charge is -2.35. The van der Waals surface area contributed by atoms with Gasteiger partial charge < -0.3 is 9.84 Å². The Labute approximate surface area is 128 Å². The Bertz CT molecular complexity index is 522. The zero-order valence-electron chi connectivity index (χ0n) is 13.4. The Morgan fingerprint density at radius 1 is 1.33 bits per heavy atom. The van der Waals surface area contributed by atoms with E-state index in [0.29, 0.717) is 13.0 Å². The highest BCUT2D eigenvalue weighted by Crippen LogP contribution is 2.31. The van der Waals surface area contributed by atoms with E-state index in [0.717, 1.165) is 24.8 Å². The lowest BCUT2D eigenvalue weighted by Crippen LogP contribution is -2.39. The van der Waals surface area contributed by atoms with Gasteiger partial charge in [-0.15, -0.1) is 5.73 Å². The van der Waals surface area contributed by atoms with Crippen LogP contribution in [0.5, 0.6) is 0 Å². The maximum atomic E-state index is 10.3. The molecule has 1 aromatic carbocycles. The molecule has 1 unspecified atom stereocenters. The number of aliphatic hydroxyl groups excluding tert-OH is 1. The molecule has 114 valence electrons. The monoisotopic (exact) mass is 286 g/mol. The van der Waals surface area contributed by atoms with Gasteiger partial charge in [0, 0.05) is 17.6 Å². The van der Waals surface area contributed by atoms with Crippen molar-refractivity contribution in [3.63, 3.8) is 0 Å². The topological polar surface area (TPSA) is 29.5 Å². The minimum absolute atomic E-state index is 0.441. The molecule has 2 nitrogen and oxygen atoms in total. The fourth-order valence-electron chi connectivity index (χ4n) is 2.72. The molecule has 0 amide bonds. The molecular weight excluding hydrogens is 260 g/mol. The summed E-state index contributed by atoms with van der Waals surface area (Å²) >= 11 is 0. The van der Waals surface area contributed by atoms with Gasteiger partial charge in [-0.1, -0.05) is 43.7 Å². The van der Waals surface area contributed by atoms with E-state index in [1.165, 1.54) is 11.1 Å². The molecule has 1 saturated heterocycles. The van der Waals surface area contributed by atoms with E-state index in [9.17, 15) is 5.11 Å². The maximum absolute atomic E-state index is 10.3. The summed E-state index contributed by atoms with van der Waals surface area (Å²) in [4.78, 5) is 0. The first kappa shape index (κ1) is 16.0. The van der Waals surface area contributed by atoms with E-state index in [1.54, 1.807) is 0 Å². The molecule has 0 bridgehead atoms. The van der Waals surface area contributed by atoms with Crippen molar-refractivity contribution >= 4 is 5.57 Å². The average Bonchev–Trinajstić information content (AvgIpc) is 2.46. The van der Waals surface area contributed by atoms with Crippen LogP contribution >= 0.6 is 0 Å². The van der Waals surface area contributed by atoms with Gasteiger partial charge in [0.15, 0.2) is 0 Å². The second-order valence-electron chi connectivity index (χ2n) is 6.15. The average molecular weight is 286 g/mol. The molecule has 1 aliphatic rings. The van der Waals surface area contributed by atoms with Crippen molar-refractivity contribution in [3.8, 4) is 0 Å². The van der Waals surface area contributed by atoms with Crippen LogP contribution in [0.3, 0.4) is 0 Å². The molecule has 2 heteroatoms. The number of unbranched alkanes of at least 4 members (excludes halogenated alkanes) is 1. The Morgan fingerprint density at radius 3 is 2.67 bits per heavy atom. The van der Waals surface area contributed by atoms with Crippen LogP contribution in [0.1, 0.15) is 52.0 Å². The fraction of sp³-hybridized carbons (Fsp3) is 0.526.